The summed E-state index contributed by atoms with van der Waals surface area (Å²) in [6, 6.07) is 17.3. The van der Waals surface area contributed by atoms with Crippen molar-refractivity contribution in [2.75, 3.05) is 18.9 Å². The lowest BCUT2D eigenvalue weighted by molar-refractivity contribution is -0.885. The van der Waals surface area contributed by atoms with E-state index in [0.29, 0.717) is 17.8 Å². The predicted molar refractivity (Wildman–Crippen MR) is 115 cm³/mol. The van der Waals surface area contributed by atoms with Crippen LogP contribution in [0, 0.1) is 0 Å². The zero-order chi connectivity index (χ0) is 20.9. The van der Waals surface area contributed by atoms with Gasteiger partial charge in [-0.2, -0.15) is 5.10 Å². The largest absolute Gasteiger partial charge is 0.349 e. The van der Waals surface area contributed by atoms with Crippen molar-refractivity contribution in [1.82, 2.24) is 15.1 Å². The van der Waals surface area contributed by atoms with Gasteiger partial charge in [-0.25, -0.2) is 4.68 Å². The number of amides is 2. The molecule has 0 saturated heterocycles. The Morgan fingerprint density at radius 2 is 1.83 bits per heavy atom. The number of aromatic nitrogens is 2. The summed E-state index contributed by atoms with van der Waals surface area (Å²) in [7, 11) is 1.96. The molecule has 0 radical (unpaired) electrons. The molecular formula is C23H26N5O2+. The maximum absolute atomic E-state index is 12.6. The second-order valence-electron chi connectivity index (χ2n) is 7.78. The molecule has 1 saturated carbocycles. The fraction of sp³-hybridized carbons (Fsp3) is 0.261. The summed E-state index contributed by atoms with van der Waals surface area (Å²) >= 11 is 0. The van der Waals surface area contributed by atoms with E-state index in [4.69, 9.17) is 0 Å². The molecule has 1 heterocycles. The van der Waals surface area contributed by atoms with E-state index in [0.717, 1.165) is 29.0 Å². The number of quaternary nitrogens is 1. The lowest BCUT2D eigenvalue weighted by atomic mass is 10.1. The smallest absolute Gasteiger partial charge is 0.279 e. The Labute approximate surface area is 175 Å². The summed E-state index contributed by atoms with van der Waals surface area (Å²) in [5.41, 5.74) is 3.10. The summed E-state index contributed by atoms with van der Waals surface area (Å²) in [6.07, 6.45) is 5.85. The first kappa shape index (κ1) is 19.8. The third kappa shape index (κ3) is 5.12. The first-order chi connectivity index (χ1) is 14.6. The van der Waals surface area contributed by atoms with Crippen LogP contribution in [0.25, 0.3) is 5.69 Å². The van der Waals surface area contributed by atoms with E-state index in [9.17, 15) is 9.59 Å². The van der Waals surface area contributed by atoms with Crippen LogP contribution in [-0.2, 0) is 11.3 Å². The highest BCUT2D eigenvalue weighted by atomic mass is 16.2. The van der Waals surface area contributed by atoms with Crippen molar-refractivity contribution in [1.29, 1.82) is 0 Å². The number of benzene rings is 2. The van der Waals surface area contributed by atoms with Crippen LogP contribution in [0.3, 0.4) is 0 Å². The van der Waals surface area contributed by atoms with E-state index in [1.54, 1.807) is 18.2 Å². The number of rotatable bonds is 8. The van der Waals surface area contributed by atoms with Crippen LogP contribution in [0.1, 0.15) is 28.8 Å². The van der Waals surface area contributed by atoms with Gasteiger partial charge in [-0.3, -0.25) is 9.59 Å². The summed E-state index contributed by atoms with van der Waals surface area (Å²) in [4.78, 5) is 26.0. The van der Waals surface area contributed by atoms with E-state index >= 15 is 0 Å². The van der Waals surface area contributed by atoms with Crippen molar-refractivity contribution < 1.29 is 14.5 Å². The van der Waals surface area contributed by atoms with Crippen LogP contribution in [-0.4, -0.2) is 41.2 Å². The molecular weight excluding hydrogens is 378 g/mol. The van der Waals surface area contributed by atoms with Crippen molar-refractivity contribution in [3.63, 3.8) is 0 Å². The van der Waals surface area contributed by atoms with E-state index in [1.165, 1.54) is 0 Å². The lowest BCUT2D eigenvalue weighted by Crippen LogP contribution is -3.08. The van der Waals surface area contributed by atoms with Gasteiger partial charge in [-0.1, -0.05) is 30.3 Å². The Morgan fingerprint density at radius 1 is 1.10 bits per heavy atom. The number of carbonyl (C=O) groups is 2. The molecule has 0 spiro atoms. The fourth-order valence-electron chi connectivity index (χ4n) is 3.33. The Balaban J connectivity index is 1.33. The van der Waals surface area contributed by atoms with Crippen molar-refractivity contribution in [2.45, 2.75) is 25.4 Å². The molecule has 30 heavy (non-hydrogen) atoms. The van der Waals surface area contributed by atoms with Crippen LogP contribution < -0.4 is 15.5 Å². The van der Waals surface area contributed by atoms with Gasteiger partial charge in [-0.05, 0) is 37.1 Å². The molecule has 0 aliphatic heterocycles. The van der Waals surface area contributed by atoms with E-state index in [2.05, 4.69) is 15.7 Å². The van der Waals surface area contributed by atoms with Gasteiger partial charge in [0.15, 0.2) is 6.54 Å². The maximum atomic E-state index is 12.6. The van der Waals surface area contributed by atoms with Gasteiger partial charge in [0.1, 0.15) is 6.54 Å². The number of nitrogens with one attached hydrogen (secondary N) is 3. The summed E-state index contributed by atoms with van der Waals surface area (Å²) in [6.45, 7) is 0.958. The monoisotopic (exact) mass is 404 g/mol. The highest BCUT2D eigenvalue weighted by Crippen LogP contribution is 2.21. The van der Waals surface area contributed by atoms with Gasteiger partial charge >= 0.3 is 0 Å². The fourth-order valence-corrected chi connectivity index (χ4v) is 3.33. The number of hydrogen-bond acceptors (Lipinski definition) is 3. The number of hydrogen-bond donors (Lipinski definition) is 3. The predicted octanol–water partition coefficient (Wildman–Crippen LogP) is 1.42. The van der Waals surface area contributed by atoms with Crippen LogP contribution in [0.4, 0.5) is 5.69 Å². The van der Waals surface area contributed by atoms with Gasteiger partial charge in [0, 0.05) is 17.8 Å². The topological polar surface area (TPSA) is 80.5 Å². The highest BCUT2D eigenvalue weighted by Gasteiger charge is 2.25. The molecule has 1 aliphatic carbocycles. The maximum Gasteiger partial charge on any atom is 0.279 e. The molecule has 3 aromatic rings. The standard InChI is InChI=1S/C23H25N5O2/c1-27(14-17-13-24-28(15-17)19-7-3-2-4-8-19)16-22(29)26-21-10-6-5-9-20(21)23(30)25-18-11-12-18/h2-10,13,15,18H,11-12,14,16H2,1H3,(H,25,30)(H,26,29)/p+1. The zero-order valence-electron chi connectivity index (χ0n) is 17.0. The molecule has 4 rings (SSSR count). The highest BCUT2D eigenvalue weighted by molar-refractivity contribution is 6.04. The minimum Gasteiger partial charge on any atom is -0.349 e. The molecule has 1 fully saturated rings. The molecule has 2 amide bonds. The van der Waals surface area contributed by atoms with Gasteiger partial charge in [-0.15, -0.1) is 0 Å². The number of likely N-dealkylation sites (N-methyl/N-ethyl adjacent to an activating group) is 1. The molecule has 2 aromatic carbocycles. The molecule has 1 aromatic heterocycles. The Kier molecular flexibility index (Phi) is 5.90. The van der Waals surface area contributed by atoms with Crippen molar-refractivity contribution >= 4 is 17.5 Å². The number of nitrogens with zero attached hydrogens (tertiary/aromatic N) is 2. The Morgan fingerprint density at radius 3 is 2.60 bits per heavy atom. The summed E-state index contributed by atoms with van der Waals surface area (Å²) in [5, 5.41) is 10.3. The average Bonchev–Trinajstić information content (AvgIpc) is 3.43. The first-order valence-corrected chi connectivity index (χ1v) is 10.2. The second-order valence-corrected chi connectivity index (χ2v) is 7.78. The minimum atomic E-state index is -0.137. The van der Waals surface area contributed by atoms with Gasteiger partial charge in [0.05, 0.1) is 30.2 Å². The number of carbonyl (C=O) groups excluding carboxylic acids is 2. The molecule has 1 unspecified atom stereocenters. The van der Waals surface area contributed by atoms with Crippen molar-refractivity contribution in [3.8, 4) is 5.69 Å². The lowest BCUT2D eigenvalue weighted by Gasteiger charge is -2.14. The van der Waals surface area contributed by atoms with E-state index < -0.39 is 0 Å². The van der Waals surface area contributed by atoms with Crippen LogP contribution in [0.15, 0.2) is 67.0 Å². The first-order valence-electron chi connectivity index (χ1n) is 10.2. The second kappa shape index (κ2) is 8.92. The molecule has 154 valence electrons. The van der Waals surface area contributed by atoms with Gasteiger partial charge in [0.25, 0.3) is 11.8 Å². The van der Waals surface area contributed by atoms with Crippen LogP contribution >= 0.6 is 0 Å². The molecule has 1 atom stereocenters. The number of anilines is 1. The van der Waals surface area contributed by atoms with Crippen molar-refractivity contribution in [2.24, 2.45) is 0 Å². The molecule has 7 heteroatoms. The average molecular weight is 404 g/mol. The van der Waals surface area contributed by atoms with Crippen molar-refractivity contribution in [3.05, 3.63) is 78.1 Å². The van der Waals surface area contributed by atoms with Crippen LogP contribution in [0.5, 0.6) is 0 Å². The van der Waals surface area contributed by atoms with E-state index in [-0.39, 0.29) is 24.4 Å². The minimum absolute atomic E-state index is 0.130. The summed E-state index contributed by atoms with van der Waals surface area (Å²) < 4.78 is 1.83. The molecule has 0 bridgehead atoms. The zero-order valence-corrected chi connectivity index (χ0v) is 17.0. The quantitative estimate of drug-likeness (QED) is 0.531. The summed E-state index contributed by atoms with van der Waals surface area (Å²) in [5.74, 6) is -0.267. The van der Waals surface area contributed by atoms with Crippen LogP contribution in [0.2, 0.25) is 0 Å². The normalized spacial score (nSPS) is 14.2. The molecule has 3 N–H and O–H groups in total. The molecule has 1 aliphatic rings. The van der Waals surface area contributed by atoms with Gasteiger partial charge < -0.3 is 15.5 Å². The SMILES string of the molecule is C[NH+](CC(=O)Nc1ccccc1C(=O)NC1CC1)Cc1cnn(-c2ccccc2)c1. The molecule has 7 nitrogen and oxygen atoms in total. The number of para-hydroxylation sites is 2. The third-order valence-corrected chi connectivity index (χ3v) is 4.98. The van der Waals surface area contributed by atoms with E-state index in [1.807, 2.05) is 60.5 Å². The Bertz CT molecular complexity index is 1030. The Hall–Kier alpha value is -3.45. The van der Waals surface area contributed by atoms with Gasteiger partial charge in [0.2, 0.25) is 0 Å². The third-order valence-electron chi connectivity index (χ3n) is 4.98.